The lowest BCUT2D eigenvalue weighted by Crippen LogP contribution is -2.30. The summed E-state index contributed by atoms with van der Waals surface area (Å²) in [6.07, 6.45) is 7.22. The summed E-state index contributed by atoms with van der Waals surface area (Å²) in [5.74, 6) is 4.52. The van der Waals surface area contributed by atoms with Gasteiger partial charge in [0, 0.05) is 25.0 Å². The Bertz CT molecular complexity index is 679. The van der Waals surface area contributed by atoms with Gasteiger partial charge in [-0.25, -0.2) is 15.3 Å². The molecule has 0 aliphatic heterocycles. The van der Waals surface area contributed by atoms with Gasteiger partial charge in [0.25, 0.3) is 5.91 Å². The van der Waals surface area contributed by atoms with Crippen molar-refractivity contribution in [2.45, 2.75) is 32.0 Å². The number of hydrazine groups is 1. The second-order valence-corrected chi connectivity index (χ2v) is 4.75. The van der Waals surface area contributed by atoms with E-state index >= 15 is 0 Å². The Morgan fingerprint density at radius 1 is 1.40 bits per heavy atom. The zero-order valence-electron chi connectivity index (χ0n) is 10.8. The molecule has 1 aliphatic carbocycles. The van der Waals surface area contributed by atoms with Crippen LogP contribution in [-0.2, 0) is 13.1 Å². The third-order valence-electron chi connectivity index (χ3n) is 3.29. The van der Waals surface area contributed by atoms with E-state index in [9.17, 15) is 9.59 Å². The van der Waals surface area contributed by atoms with Gasteiger partial charge < -0.3 is 0 Å². The smallest absolute Gasteiger partial charge is 0.297 e. The molecule has 0 atom stereocenters. The second-order valence-electron chi connectivity index (χ2n) is 4.75. The quantitative estimate of drug-likeness (QED) is 0.408. The van der Waals surface area contributed by atoms with Gasteiger partial charge in [-0.1, -0.05) is 5.21 Å². The predicted molar refractivity (Wildman–Crippen MR) is 68.6 cm³/mol. The van der Waals surface area contributed by atoms with Gasteiger partial charge in [0.15, 0.2) is 5.69 Å². The minimum Gasteiger partial charge on any atom is -0.297 e. The number of carbonyl (C=O) groups excluding carboxylic acids is 1. The monoisotopic (exact) mass is 277 g/mol. The van der Waals surface area contributed by atoms with Gasteiger partial charge in [0.1, 0.15) is 0 Å². The Balaban J connectivity index is 1.66. The van der Waals surface area contributed by atoms with Crippen LogP contribution in [0.5, 0.6) is 0 Å². The molecule has 1 amide bonds. The number of nitrogens with zero attached hydrogens (tertiary/aromatic N) is 5. The van der Waals surface area contributed by atoms with E-state index in [0.717, 1.165) is 12.8 Å². The van der Waals surface area contributed by atoms with Crippen LogP contribution in [0.15, 0.2) is 23.4 Å². The molecule has 2 aromatic heterocycles. The summed E-state index contributed by atoms with van der Waals surface area (Å²) < 4.78 is 4.89. The van der Waals surface area contributed by atoms with Gasteiger partial charge in [0.2, 0.25) is 0 Å². The molecule has 0 unspecified atom stereocenters. The molecule has 9 nitrogen and oxygen atoms in total. The first-order valence-electron chi connectivity index (χ1n) is 6.37. The molecule has 3 N–H and O–H groups in total. The molecular weight excluding hydrogens is 262 g/mol. The molecule has 0 saturated heterocycles. The van der Waals surface area contributed by atoms with Crippen molar-refractivity contribution in [1.82, 2.24) is 29.6 Å². The number of amides is 1. The number of aromatic nitrogens is 5. The van der Waals surface area contributed by atoms with Crippen molar-refractivity contribution >= 4 is 5.91 Å². The van der Waals surface area contributed by atoms with E-state index < -0.39 is 5.91 Å². The minimum absolute atomic E-state index is 0.00691. The molecule has 0 radical (unpaired) electrons. The van der Waals surface area contributed by atoms with Crippen LogP contribution in [-0.4, -0.2) is 30.0 Å². The number of imidazole rings is 1. The lowest BCUT2D eigenvalue weighted by atomic mass is 10.4. The molecule has 20 heavy (non-hydrogen) atoms. The second kappa shape index (κ2) is 4.93. The van der Waals surface area contributed by atoms with Crippen LogP contribution >= 0.6 is 0 Å². The van der Waals surface area contributed by atoms with Gasteiger partial charge >= 0.3 is 5.69 Å². The fraction of sp³-hybridized carbons (Fsp3) is 0.455. The number of nitrogens with two attached hydrogens (primary N) is 1. The molecule has 9 heteroatoms. The molecule has 0 spiro atoms. The predicted octanol–water partition coefficient (Wildman–Crippen LogP) is -1.12. The van der Waals surface area contributed by atoms with E-state index in [1.54, 1.807) is 15.3 Å². The van der Waals surface area contributed by atoms with Gasteiger partial charge in [-0.05, 0) is 12.8 Å². The van der Waals surface area contributed by atoms with Crippen LogP contribution < -0.4 is 17.0 Å². The van der Waals surface area contributed by atoms with Crippen LogP contribution in [0.2, 0.25) is 0 Å². The summed E-state index contributed by atoms with van der Waals surface area (Å²) >= 11 is 0. The standard InChI is InChI=1S/C11H15N7O2/c12-13-10(19)9-7-17(15-14-9)5-3-16-4-6-18(11(16)20)8-1-2-8/h4,6-8H,1-3,5,12H2,(H,13,19). The van der Waals surface area contributed by atoms with Gasteiger partial charge in [-0.3, -0.25) is 19.4 Å². The highest BCUT2D eigenvalue weighted by Crippen LogP contribution is 2.33. The van der Waals surface area contributed by atoms with E-state index in [2.05, 4.69) is 10.3 Å². The van der Waals surface area contributed by atoms with Crippen LogP contribution in [0.25, 0.3) is 0 Å². The van der Waals surface area contributed by atoms with Gasteiger partial charge in [-0.15, -0.1) is 5.10 Å². The first-order chi connectivity index (χ1) is 9.69. The largest absolute Gasteiger partial charge is 0.328 e. The van der Waals surface area contributed by atoms with Crippen molar-refractivity contribution in [2.75, 3.05) is 0 Å². The average Bonchev–Trinajstić information content (AvgIpc) is 3.07. The highest BCUT2D eigenvalue weighted by molar-refractivity contribution is 5.91. The Morgan fingerprint density at radius 3 is 2.90 bits per heavy atom. The fourth-order valence-corrected chi connectivity index (χ4v) is 2.02. The Labute approximate surface area is 113 Å². The van der Waals surface area contributed by atoms with Crippen molar-refractivity contribution in [1.29, 1.82) is 0 Å². The molecule has 3 rings (SSSR count). The topological polar surface area (TPSA) is 113 Å². The van der Waals surface area contributed by atoms with E-state index in [4.69, 9.17) is 5.84 Å². The van der Waals surface area contributed by atoms with Crippen LogP contribution in [0.4, 0.5) is 0 Å². The number of hydrogen-bond acceptors (Lipinski definition) is 5. The molecule has 2 aromatic rings. The normalized spacial score (nSPS) is 14.4. The first-order valence-corrected chi connectivity index (χ1v) is 6.37. The summed E-state index contributed by atoms with van der Waals surface area (Å²) in [6.45, 7) is 0.936. The van der Waals surface area contributed by atoms with Crippen molar-refractivity contribution in [3.63, 3.8) is 0 Å². The molecule has 1 fully saturated rings. The third kappa shape index (κ3) is 2.35. The van der Waals surface area contributed by atoms with E-state index in [-0.39, 0.29) is 11.4 Å². The lowest BCUT2D eigenvalue weighted by Gasteiger charge is -2.01. The summed E-state index contributed by atoms with van der Waals surface area (Å²) in [5, 5.41) is 7.51. The van der Waals surface area contributed by atoms with Crippen molar-refractivity contribution < 1.29 is 4.79 Å². The maximum atomic E-state index is 12.0. The zero-order valence-corrected chi connectivity index (χ0v) is 10.8. The number of carbonyl (C=O) groups is 1. The number of rotatable bonds is 5. The van der Waals surface area contributed by atoms with Crippen molar-refractivity contribution in [3.05, 3.63) is 34.8 Å². The third-order valence-corrected chi connectivity index (χ3v) is 3.29. The molecule has 106 valence electrons. The number of nitrogens with one attached hydrogen (secondary N) is 1. The minimum atomic E-state index is -0.492. The van der Waals surface area contributed by atoms with E-state index in [0.29, 0.717) is 19.1 Å². The summed E-state index contributed by atoms with van der Waals surface area (Å²) in [4.78, 5) is 23.3. The molecular formula is C11H15N7O2. The maximum absolute atomic E-state index is 12.0. The van der Waals surface area contributed by atoms with E-state index in [1.165, 1.54) is 10.9 Å². The molecule has 0 bridgehead atoms. The summed E-state index contributed by atoms with van der Waals surface area (Å²) in [7, 11) is 0. The highest BCUT2D eigenvalue weighted by Gasteiger charge is 2.25. The van der Waals surface area contributed by atoms with Crippen molar-refractivity contribution in [3.8, 4) is 0 Å². The number of aryl methyl sites for hydroxylation is 2. The average molecular weight is 277 g/mol. The Hall–Kier alpha value is -2.42. The van der Waals surface area contributed by atoms with Crippen LogP contribution in [0.1, 0.15) is 29.4 Å². The van der Waals surface area contributed by atoms with Crippen LogP contribution in [0.3, 0.4) is 0 Å². The van der Waals surface area contributed by atoms with Crippen LogP contribution in [0, 0.1) is 0 Å². The molecule has 1 saturated carbocycles. The Morgan fingerprint density at radius 2 is 2.20 bits per heavy atom. The highest BCUT2D eigenvalue weighted by atomic mass is 16.2. The SMILES string of the molecule is NNC(=O)c1cn(CCn2ccn(C3CC3)c2=O)nn1. The number of hydrogen-bond donors (Lipinski definition) is 2. The Kier molecular flexibility index (Phi) is 3.11. The number of nitrogen functional groups attached to an aromatic ring is 1. The molecule has 0 aromatic carbocycles. The summed E-state index contributed by atoms with van der Waals surface area (Å²) in [5.41, 5.74) is 2.13. The first kappa shape index (κ1) is 12.6. The fourth-order valence-electron chi connectivity index (χ4n) is 2.02. The van der Waals surface area contributed by atoms with Gasteiger partial charge in [0.05, 0.1) is 12.7 Å². The zero-order chi connectivity index (χ0) is 14.1. The van der Waals surface area contributed by atoms with Gasteiger partial charge in [-0.2, -0.15) is 0 Å². The summed E-state index contributed by atoms with van der Waals surface area (Å²) in [6, 6.07) is 0.370. The van der Waals surface area contributed by atoms with Crippen molar-refractivity contribution in [2.24, 2.45) is 5.84 Å². The molecule has 1 aliphatic rings. The van der Waals surface area contributed by atoms with E-state index in [1.807, 2.05) is 11.6 Å². The lowest BCUT2D eigenvalue weighted by molar-refractivity contribution is 0.0948. The molecule has 2 heterocycles. The maximum Gasteiger partial charge on any atom is 0.328 e.